The summed E-state index contributed by atoms with van der Waals surface area (Å²) in [6, 6.07) is 33.2. The van der Waals surface area contributed by atoms with Crippen LogP contribution in [0.3, 0.4) is 0 Å². The van der Waals surface area contributed by atoms with Crippen LogP contribution in [0.1, 0.15) is 39.5 Å². The summed E-state index contributed by atoms with van der Waals surface area (Å²) in [5.41, 5.74) is 0.518. The Kier molecular flexibility index (Phi) is 5.41. The van der Waals surface area contributed by atoms with Gasteiger partial charge in [-0.05, 0) is 0 Å². The van der Waals surface area contributed by atoms with Crippen molar-refractivity contribution in [2.45, 2.75) is 51.3 Å². The van der Waals surface area contributed by atoms with Crippen molar-refractivity contribution in [3.8, 4) is 0 Å². The van der Waals surface area contributed by atoms with Crippen LogP contribution in [0.5, 0.6) is 0 Å². The minimum atomic E-state index is -2.98. The van der Waals surface area contributed by atoms with Crippen LogP contribution < -0.4 is 15.9 Å². The van der Waals surface area contributed by atoms with E-state index in [-0.39, 0.29) is 6.10 Å². The van der Waals surface area contributed by atoms with Gasteiger partial charge >= 0.3 is 170 Å². The van der Waals surface area contributed by atoms with Gasteiger partial charge < -0.3 is 0 Å². The van der Waals surface area contributed by atoms with Crippen LogP contribution in [0.25, 0.3) is 0 Å². The fraction of sp³-hybridized carbons (Fsp3) is 0.308. The fourth-order valence-electron chi connectivity index (χ4n) is 5.29. The van der Waals surface area contributed by atoms with Gasteiger partial charge in [0.2, 0.25) is 0 Å². The second kappa shape index (κ2) is 7.82. The second-order valence-electron chi connectivity index (χ2n) is 7.98. The van der Waals surface area contributed by atoms with Crippen molar-refractivity contribution in [3.63, 3.8) is 0 Å². The third-order valence-corrected chi connectivity index (χ3v) is 13.2. The van der Waals surface area contributed by atoms with Crippen molar-refractivity contribution in [2.75, 3.05) is 0 Å². The number of hydrogen-bond donors (Lipinski definition) is 0. The van der Waals surface area contributed by atoms with Gasteiger partial charge in [-0.1, -0.05) is 0 Å². The van der Waals surface area contributed by atoms with E-state index in [1.54, 1.807) is 0 Å². The molecule has 3 aromatic carbocycles. The molecule has 0 saturated carbocycles. The summed E-state index contributed by atoms with van der Waals surface area (Å²) in [6.07, 6.45) is 5.29. The van der Waals surface area contributed by atoms with Gasteiger partial charge in [-0.3, -0.25) is 0 Å². The zero-order valence-corrected chi connectivity index (χ0v) is 17.9. The molecule has 1 heterocycles. The summed E-state index contributed by atoms with van der Waals surface area (Å²) >= 11 is 0. The molecule has 0 bridgehead atoms. The Bertz CT molecular complexity index is 792. The van der Waals surface area contributed by atoms with E-state index in [0.717, 1.165) is 0 Å². The normalized spacial score (nSPS) is 23.9. The van der Waals surface area contributed by atoms with Crippen LogP contribution in [0.15, 0.2) is 91.0 Å². The summed E-state index contributed by atoms with van der Waals surface area (Å²) in [4.78, 5) is 0. The monoisotopic (exact) mass is 390 g/mol. The molecule has 1 nitrogen and oxygen atoms in total. The molecule has 0 aliphatic carbocycles. The van der Waals surface area contributed by atoms with E-state index in [1.165, 1.54) is 41.6 Å². The standard InChI is InChI=1S/C26H31OP/c1-3-4-8-21-26-22(2)27-28(26,23-15-9-5-10-16-23,24-17-11-6-12-18-24)25-19-13-7-14-20-25/h5-7,9-20,22,26H,3-4,8,21H2,1-2H3/t22-,26-/m1/s1. The number of hydrogen-bond acceptors (Lipinski definition) is 1. The summed E-state index contributed by atoms with van der Waals surface area (Å²) in [5, 5.41) is 4.10. The summed E-state index contributed by atoms with van der Waals surface area (Å²) in [5.74, 6) is 0. The molecule has 1 fully saturated rings. The molecule has 146 valence electrons. The van der Waals surface area contributed by atoms with Gasteiger partial charge in [0.25, 0.3) is 0 Å². The molecule has 1 aliphatic rings. The molecule has 1 saturated heterocycles. The Morgan fingerprint density at radius 2 is 1.11 bits per heavy atom. The van der Waals surface area contributed by atoms with E-state index in [0.29, 0.717) is 5.66 Å². The first-order valence-corrected chi connectivity index (χ1v) is 12.8. The molecular formula is C26H31OP. The Hall–Kier alpha value is -1.95. The van der Waals surface area contributed by atoms with Crippen LogP contribution >= 0.6 is 6.83 Å². The minimum absolute atomic E-state index is 0.273. The molecule has 3 aromatic rings. The molecule has 2 heteroatoms. The average molecular weight is 391 g/mol. The van der Waals surface area contributed by atoms with Gasteiger partial charge in [-0.2, -0.15) is 0 Å². The van der Waals surface area contributed by atoms with Gasteiger partial charge in [0.15, 0.2) is 0 Å². The summed E-state index contributed by atoms with van der Waals surface area (Å²) in [6.45, 7) is 1.58. The molecule has 0 amide bonds. The van der Waals surface area contributed by atoms with Crippen molar-refractivity contribution in [1.82, 2.24) is 0 Å². The predicted octanol–water partition coefficient (Wildman–Crippen LogP) is 5.80. The first-order chi connectivity index (χ1) is 13.7. The van der Waals surface area contributed by atoms with E-state index >= 15 is 0 Å². The van der Waals surface area contributed by atoms with E-state index in [2.05, 4.69) is 105 Å². The van der Waals surface area contributed by atoms with E-state index in [1.807, 2.05) is 0 Å². The van der Waals surface area contributed by atoms with Gasteiger partial charge in [0.1, 0.15) is 0 Å². The maximum atomic E-state index is 7.15. The molecule has 1 aliphatic heterocycles. The van der Waals surface area contributed by atoms with E-state index in [9.17, 15) is 0 Å². The van der Waals surface area contributed by atoms with E-state index in [4.69, 9.17) is 4.52 Å². The maximum absolute atomic E-state index is 7.15. The molecule has 0 N–H and O–H groups in total. The Morgan fingerprint density at radius 3 is 1.46 bits per heavy atom. The molecule has 0 aromatic heterocycles. The number of rotatable bonds is 7. The van der Waals surface area contributed by atoms with Crippen molar-refractivity contribution < 1.29 is 4.52 Å². The van der Waals surface area contributed by atoms with Crippen molar-refractivity contribution >= 4 is 22.7 Å². The molecule has 4 rings (SSSR count). The Morgan fingerprint density at radius 1 is 0.679 bits per heavy atom. The van der Waals surface area contributed by atoms with Gasteiger partial charge in [-0.15, -0.1) is 0 Å². The first-order valence-electron chi connectivity index (χ1n) is 10.6. The third kappa shape index (κ3) is 2.68. The summed E-state index contributed by atoms with van der Waals surface area (Å²) < 4.78 is 7.15. The fourth-order valence-corrected chi connectivity index (χ4v) is 12.3. The SMILES string of the molecule is CCCCC[C@@H]1[C@@H](C)OP1(c1ccccc1)(c1ccccc1)c1ccccc1. The molecular weight excluding hydrogens is 359 g/mol. The van der Waals surface area contributed by atoms with Crippen LogP contribution in [0.2, 0.25) is 0 Å². The number of benzene rings is 3. The van der Waals surface area contributed by atoms with Crippen LogP contribution in [-0.2, 0) is 4.52 Å². The van der Waals surface area contributed by atoms with Gasteiger partial charge in [0.05, 0.1) is 0 Å². The Labute approximate surface area is 169 Å². The van der Waals surface area contributed by atoms with Crippen LogP contribution in [0.4, 0.5) is 0 Å². The van der Waals surface area contributed by atoms with Crippen LogP contribution in [-0.4, -0.2) is 11.8 Å². The second-order valence-corrected chi connectivity index (χ2v) is 12.6. The molecule has 0 radical (unpaired) electrons. The van der Waals surface area contributed by atoms with Crippen LogP contribution in [0, 0.1) is 0 Å². The van der Waals surface area contributed by atoms with Crippen molar-refractivity contribution in [3.05, 3.63) is 91.0 Å². The predicted molar refractivity (Wildman–Crippen MR) is 124 cm³/mol. The topological polar surface area (TPSA) is 9.23 Å². The van der Waals surface area contributed by atoms with Crippen molar-refractivity contribution in [2.24, 2.45) is 0 Å². The van der Waals surface area contributed by atoms with Crippen molar-refractivity contribution in [1.29, 1.82) is 0 Å². The molecule has 0 spiro atoms. The third-order valence-electron chi connectivity index (χ3n) is 6.47. The average Bonchev–Trinajstić information content (AvgIpc) is 2.77. The molecule has 2 atom stereocenters. The molecule has 0 unspecified atom stereocenters. The molecule has 28 heavy (non-hydrogen) atoms. The van der Waals surface area contributed by atoms with Gasteiger partial charge in [-0.25, -0.2) is 0 Å². The quantitative estimate of drug-likeness (QED) is 0.366. The summed E-state index contributed by atoms with van der Waals surface area (Å²) in [7, 11) is 0. The number of unbranched alkanes of at least 4 members (excludes halogenated alkanes) is 2. The van der Waals surface area contributed by atoms with E-state index < -0.39 is 6.83 Å². The Balaban J connectivity index is 2.02. The first kappa shape index (κ1) is 19.4. The van der Waals surface area contributed by atoms with Gasteiger partial charge in [0, 0.05) is 0 Å². The zero-order valence-electron chi connectivity index (χ0n) is 17.0. The zero-order chi connectivity index (χ0) is 19.5.